The molecule has 0 rings (SSSR count). The molecule has 0 aliphatic carbocycles. The highest BCUT2D eigenvalue weighted by Crippen LogP contribution is 2.25. The van der Waals surface area contributed by atoms with Crippen molar-refractivity contribution in [1.29, 1.82) is 0 Å². The monoisotopic (exact) mass is 180 g/mol. The molecule has 0 saturated heterocycles. The molecule has 0 heteroatoms. The third-order valence-electron chi connectivity index (χ3n) is 2.81. The Bertz CT molecular complexity index is 174. The van der Waals surface area contributed by atoms with Crippen molar-refractivity contribution in [3.8, 4) is 0 Å². The summed E-state index contributed by atoms with van der Waals surface area (Å²) in [5, 5.41) is 0. The number of hydrogen-bond donors (Lipinski definition) is 0. The Morgan fingerprint density at radius 3 is 2.15 bits per heavy atom. The number of hydrogen-bond acceptors (Lipinski definition) is 0. The highest BCUT2D eigenvalue weighted by atomic mass is 14.2. The molecule has 0 saturated carbocycles. The van der Waals surface area contributed by atoms with Gasteiger partial charge in [-0.25, -0.2) is 0 Å². The van der Waals surface area contributed by atoms with Crippen molar-refractivity contribution >= 4 is 0 Å². The molecule has 2 atom stereocenters. The van der Waals surface area contributed by atoms with E-state index in [-0.39, 0.29) is 0 Å². The molecule has 0 aliphatic rings. The van der Waals surface area contributed by atoms with Crippen LogP contribution >= 0.6 is 0 Å². The highest BCUT2D eigenvalue weighted by Gasteiger charge is 2.11. The summed E-state index contributed by atoms with van der Waals surface area (Å²) >= 11 is 0. The minimum Gasteiger partial charge on any atom is -0.0916 e. The zero-order chi connectivity index (χ0) is 10.3. The largest absolute Gasteiger partial charge is 0.0916 e. The van der Waals surface area contributed by atoms with E-state index in [1.807, 2.05) is 0 Å². The molecule has 0 aliphatic heterocycles. The van der Waals surface area contributed by atoms with Gasteiger partial charge in [0.2, 0.25) is 0 Å². The van der Waals surface area contributed by atoms with Crippen LogP contribution in [0, 0.1) is 11.8 Å². The van der Waals surface area contributed by atoms with E-state index in [0.717, 1.165) is 5.92 Å². The first-order valence-corrected chi connectivity index (χ1v) is 5.44. The van der Waals surface area contributed by atoms with E-state index < -0.39 is 0 Å². The molecular weight excluding hydrogens is 156 g/mol. The Balaban J connectivity index is 4.24. The lowest BCUT2D eigenvalue weighted by molar-refractivity contribution is 0.543. The van der Waals surface area contributed by atoms with Gasteiger partial charge < -0.3 is 0 Å². The van der Waals surface area contributed by atoms with Gasteiger partial charge in [-0.15, -0.1) is 0 Å². The molecule has 0 bridgehead atoms. The zero-order valence-electron chi connectivity index (χ0n) is 9.80. The normalized spacial score (nSPS) is 17.8. The Hall–Kier alpha value is -0.520. The van der Waals surface area contributed by atoms with Gasteiger partial charge in [0.15, 0.2) is 0 Å². The highest BCUT2D eigenvalue weighted by molar-refractivity contribution is 5.09. The van der Waals surface area contributed by atoms with Crippen LogP contribution in [0.4, 0.5) is 0 Å². The second-order valence-electron chi connectivity index (χ2n) is 3.80. The average Bonchev–Trinajstić information content (AvgIpc) is 2.15. The van der Waals surface area contributed by atoms with E-state index in [2.05, 4.69) is 52.8 Å². The third kappa shape index (κ3) is 4.31. The van der Waals surface area contributed by atoms with Crippen molar-refractivity contribution in [3.05, 3.63) is 23.8 Å². The van der Waals surface area contributed by atoms with Crippen LogP contribution in [0.15, 0.2) is 23.8 Å². The Morgan fingerprint density at radius 2 is 1.77 bits per heavy atom. The van der Waals surface area contributed by atoms with Gasteiger partial charge in [-0.3, -0.25) is 0 Å². The molecule has 76 valence electrons. The van der Waals surface area contributed by atoms with E-state index in [1.54, 1.807) is 5.57 Å². The molecule has 2 unspecified atom stereocenters. The second-order valence-corrected chi connectivity index (χ2v) is 3.80. The predicted octanol–water partition coefficient (Wildman–Crippen LogP) is 4.58. The number of allylic oxidation sites excluding steroid dienone is 4. The topological polar surface area (TPSA) is 0 Å². The second kappa shape index (κ2) is 6.94. The van der Waals surface area contributed by atoms with E-state index in [1.165, 1.54) is 12.8 Å². The molecule has 0 heterocycles. The Kier molecular flexibility index (Phi) is 6.66. The molecule has 0 spiro atoms. The standard InChI is InChI=1S/C13H24/c1-6-9-10-12(5)13(8-3)11(4)7-2/h6,8-9,11-12H,7,10H2,1-5H3. The van der Waals surface area contributed by atoms with Crippen molar-refractivity contribution in [2.24, 2.45) is 11.8 Å². The van der Waals surface area contributed by atoms with E-state index in [4.69, 9.17) is 0 Å². The summed E-state index contributed by atoms with van der Waals surface area (Å²) in [6.45, 7) is 11.2. The molecule has 0 fully saturated rings. The number of rotatable bonds is 5. The summed E-state index contributed by atoms with van der Waals surface area (Å²) in [7, 11) is 0. The van der Waals surface area contributed by atoms with Gasteiger partial charge in [0, 0.05) is 0 Å². The summed E-state index contributed by atoms with van der Waals surface area (Å²) in [6.07, 6.45) is 9.12. The maximum atomic E-state index is 2.32. The van der Waals surface area contributed by atoms with Crippen molar-refractivity contribution < 1.29 is 0 Å². The minimum absolute atomic E-state index is 0.705. The van der Waals surface area contributed by atoms with Crippen LogP contribution in [-0.2, 0) is 0 Å². The third-order valence-corrected chi connectivity index (χ3v) is 2.81. The molecule has 0 aromatic rings. The molecule has 0 aromatic carbocycles. The molecule has 0 N–H and O–H groups in total. The SMILES string of the molecule is CC=CCC(C)C(=CC)C(C)CC. The molecule has 0 nitrogen and oxygen atoms in total. The van der Waals surface area contributed by atoms with Crippen LogP contribution < -0.4 is 0 Å². The van der Waals surface area contributed by atoms with Gasteiger partial charge in [0.25, 0.3) is 0 Å². The summed E-state index contributed by atoms with van der Waals surface area (Å²) < 4.78 is 0. The quantitative estimate of drug-likeness (QED) is 0.543. The van der Waals surface area contributed by atoms with Crippen molar-refractivity contribution in [2.75, 3.05) is 0 Å². The fraction of sp³-hybridized carbons (Fsp3) is 0.692. The van der Waals surface area contributed by atoms with Gasteiger partial charge in [-0.1, -0.05) is 44.6 Å². The van der Waals surface area contributed by atoms with Gasteiger partial charge in [-0.2, -0.15) is 0 Å². The van der Waals surface area contributed by atoms with Gasteiger partial charge in [-0.05, 0) is 38.5 Å². The van der Waals surface area contributed by atoms with Crippen LogP contribution in [0.1, 0.15) is 47.5 Å². The average molecular weight is 180 g/mol. The van der Waals surface area contributed by atoms with Gasteiger partial charge in [0.05, 0.1) is 0 Å². The van der Waals surface area contributed by atoms with Crippen molar-refractivity contribution in [2.45, 2.75) is 47.5 Å². The van der Waals surface area contributed by atoms with Crippen LogP contribution in [0.5, 0.6) is 0 Å². The maximum absolute atomic E-state index is 2.32. The van der Waals surface area contributed by atoms with Crippen LogP contribution in [-0.4, -0.2) is 0 Å². The van der Waals surface area contributed by atoms with Crippen molar-refractivity contribution in [3.63, 3.8) is 0 Å². The van der Waals surface area contributed by atoms with E-state index in [0.29, 0.717) is 5.92 Å². The summed E-state index contributed by atoms with van der Waals surface area (Å²) in [6, 6.07) is 0. The molecule has 0 amide bonds. The summed E-state index contributed by atoms with van der Waals surface area (Å²) in [4.78, 5) is 0. The van der Waals surface area contributed by atoms with E-state index in [9.17, 15) is 0 Å². The molecular formula is C13H24. The lowest BCUT2D eigenvalue weighted by Crippen LogP contribution is -2.06. The Labute approximate surface area is 83.7 Å². The van der Waals surface area contributed by atoms with E-state index >= 15 is 0 Å². The lowest BCUT2D eigenvalue weighted by Gasteiger charge is -2.19. The van der Waals surface area contributed by atoms with Gasteiger partial charge in [0.1, 0.15) is 0 Å². The summed E-state index contributed by atoms with van der Waals surface area (Å²) in [5.41, 5.74) is 1.61. The van der Waals surface area contributed by atoms with Crippen molar-refractivity contribution in [1.82, 2.24) is 0 Å². The molecule has 0 radical (unpaired) electrons. The predicted molar refractivity (Wildman–Crippen MR) is 61.8 cm³/mol. The van der Waals surface area contributed by atoms with Gasteiger partial charge >= 0.3 is 0 Å². The van der Waals surface area contributed by atoms with Crippen LogP contribution in [0.25, 0.3) is 0 Å². The first kappa shape index (κ1) is 12.5. The summed E-state index contributed by atoms with van der Waals surface area (Å²) in [5.74, 6) is 1.45. The zero-order valence-corrected chi connectivity index (χ0v) is 9.80. The molecule has 13 heavy (non-hydrogen) atoms. The smallest absolute Gasteiger partial charge is 0.0195 e. The lowest BCUT2D eigenvalue weighted by atomic mass is 9.86. The van der Waals surface area contributed by atoms with Crippen LogP contribution in [0.3, 0.4) is 0 Å². The first-order valence-electron chi connectivity index (χ1n) is 5.44. The fourth-order valence-electron chi connectivity index (χ4n) is 1.77. The Morgan fingerprint density at radius 1 is 1.15 bits per heavy atom. The fourth-order valence-corrected chi connectivity index (χ4v) is 1.77. The first-order chi connectivity index (χ1) is 6.17. The van der Waals surface area contributed by atoms with Crippen LogP contribution in [0.2, 0.25) is 0 Å². The maximum Gasteiger partial charge on any atom is -0.0195 e. The minimum atomic E-state index is 0.705. The molecule has 0 aromatic heterocycles.